The van der Waals surface area contributed by atoms with Crippen molar-refractivity contribution in [3.63, 3.8) is 0 Å². The number of hydrogen-bond acceptors (Lipinski definition) is 4. The molecule has 1 aromatic heterocycles. The molecule has 0 bridgehead atoms. The predicted molar refractivity (Wildman–Crippen MR) is 117 cm³/mol. The van der Waals surface area contributed by atoms with Crippen LogP contribution in [0.15, 0.2) is 39.9 Å². The summed E-state index contributed by atoms with van der Waals surface area (Å²) in [6.45, 7) is 9.95. The number of hydrogen-bond donors (Lipinski definition) is 3. The van der Waals surface area contributed by atoms with Crippen LogP contribution in [0.5, 0.6) is 0 Å². The fraction of sp³-hybridized carbons (Fsp3) is 0.476. The Bertz CT molecular complexity index is 809. The van der Waals surface area contributed by atoms with Crippen molar-refractivity contribution in [2.45, 2.75) is 52.5 Å². The highest BCUT2D eigenvalue weighted by Crippen LogP contribution is 2.22. The summed E-state index contributed by atoms with van der Waals surface area (Å²) >= 11 is 5.84. The topological polar surface area (TPSA) is 91.6 Å². The maximum absolute atomic E-state index is 12.0. The minimum atomic E-state index is -0.0791. The molecule has 8 heteroatoms. The number of aromatic nitrogens is 1. The van der Waals surface area contributed by atoms with Crippen LogP contribution in [0.1, 0.15) is 52.2 Å². The molecular weight excluding hydrogens is 390 g/mol. The van der Waals surface area contributed by atoms with Gasteiger partial charge in [-0.3, -0.25) is 4.79 Å². The van der Waals surface area contributed by atoms with Gasteiger partial charge >= 0.3 is 0 Å². The number of nitrogens with one attached hydrogen (secondary N) is 3. The predicted octanol–water partition coefficient (Wildman–Crippen LogP) is 4.10. The maximum Gasteiger partial charge on any atom is 0.224 e. The molecule has 3 N–H and O–H groups in total. The van der Waals surface area contributed by atoms with Gasteiger partial charge in [0.15, 0.2) is 5.96 Å². The molecule has 0 radical (unpaired) electrons. The minimum absolute atomic E-state index is 0.0365. The smallest absolute Gasteiger partial charge is 0.224 e. The lowest BCUT2D eigenvalue weighted by molar-refractivity contribution is -0.116. The van der Waals surface area contributed by atoms with Gasteiger partial charge in [0.25, 0.3) is 0 Å². The molecule has 0 unspecified atom stereocenters. The zero-order valence-electron chi connectivity index (χ0n) is 17.5. The first-order chi connectivity index (χ1) is 13.8. The highest BCUT2D eigenvalue weighted by Gasteiger charge is 2.19. The first kappa shape index (κ1) is 22.7. The molecule has 0 atom stereocenters. The second-order valence-corrected chi connectivity index (χ2v) is 8.09. The van der Waals surface area contributed by atoms with Gasteiger partial charge in [0.05, 0.1) is 6.20 Å². The van der Waals surface area contributed by atoms with Crippen LogP contribution in [0.25, 0.3) is 0 Å². The van der Waals surface area contributed by atoms with Crippen molar-refractivity contribution in [3.05, 3.63) is 47.1 Å². The number of nitrogens with zero attached hydrogens (tertiary/aromatic N) is 2. The van der Waals surface area contributed by atoms with Crippen LogP contribution in [-0.2, 0) is 16.8 Å². The summed E-state index contributed by atoms with van der Waals surface area (Å²) in [6.07, 6.45) is 2.84. The van der Waals surface area contributed by atoms with Crippen molar-refractivity contribution in [3.8, 4) is 0 Å². The molecule has 0 aliphatic rings. The number of carbonyl (C=O) groups excluding carboxylic acids is 1. The van der Waals surface area contributed by atoms with Gasteiger partial charge in [0.2, 0.25) is 11.8 Å². The first-order valence-corrected chi connectivity index (χ1v) is 10.2. The van der Waals surface area contributed by atoms with Gasteiger partial charge in [-0.1, -0.05) is 32.4 Å². The molecule has 0 spiro atoms. The summed E-state index contributed by atoms with van der Waals surface area (Å²) in [4.78, 5) is 20.8. The van der Waals surface area contributed by atoms with Gasteiger partial charge in [-0.15, -0.1) is 0 Å². The molecule has 0 aliphatic heterocycles. The average Bonchev–Trinajstić information content (AvgIpc) is 3.14. The molecule has 1 heterocycles. The molecular formula is C21H30ClN5O2. The van der Waals surface area contributed by atoms with Gasteiger partial charge < -0.3 is 20.4 Å². The van der Waals surface area contributed by atoms with E-state index in [9.17, 15) is 4.79 Å². The number of guanidine groups is 1. The highest BCUT2D eigenvalue weighted by atomic mass is 35.5. The summed E-state index contributed by atoms with van der Waals surface area (Å²) in [5.41, 5.74) is 0.660. The van der Waals surface area contributed by atoms with E-state index in [4.69, 9.17) is 16.0 Å². The number of oxazole rings is 1. The molecule has 0 aliphatic carbocycles. The zero-order valence-corrected chi connectivity index (χ0v) is 18.3. The molecule has 1 amide bonds. The van der Waals surface area contributed by atoms with E-state index in [0.29, 0.717) is 42.8 Å². The Kier molecular flexibility index (Phi) is 8.51. The van der Waals surface area contributed by atoms with Crippen LogP contribution >= 0.6 is 11.6 Å². The molecule has 1 aromatic carbocycles. The Labute approximate surface area is 177 Å². The van der Waals surface area contributed by atoms with E-state index in [0.717, 1.165) is 18.0 Å². The molecule has 158 valence electrons. The van der Waals surface area contributed by atoms with Gasteiger partial charge in [-0.25, -0.2) is 9.98 Å². The van der Waals surface area contributed by atoms with E-state index >= 15 is 0 Å². The minimum Gasteiger partial charge on any atom is -0.443 e. The summed E-state index contributed by atoms with van der Waals surface area (Å²) in [7, 11) is 0. The first-order valence-electron chi connectivity index (χ1n) is 9.80. The van der Waals surface area contributed by atoms with Crippen molar-refractivity contribution >= 4 is 29.2 Å². The van der Waals surface area contributed by atoms with Gasteiger partial charge in [-0.05, 0) is 37.6 Å². The van der Waals surface area contributed by atoms with Crippen molar-refractivity contribution in [2.75, 3.05) is 18.4 Å². The Morgan fingerprint density at radius 3 is 2.55 bits per heavy atom. The largest absolute Gasteiger partial charge is 0.443 e. The quantitative estimate of drug-likeness (QED) is 0.340. The number of aliphatic imine (C=N–C) groups is 1. The third kappa shape index (κ3) is 8.15. The van der Waals surface area contributed by atoms with E-state index in [1.54, 1.807) is 30.5 Å². The Morgan fingerprint density at radius 1 is 1.21 bits per heavy atom. The Hall–Kier alpha value is -2.54. The zero-order chi connectivity index (χ0) is 21.3. The maximum atomic E-state index is 12.0. The van der Waals surface area contributed by atoms with Gasteiger partial charge in [0, 0.05) is 35.6 Å². The fourth-order valence-corrected chi connectivity index (χ4v) is 2.56. The van der Waals surface area contributed by atoms with Crippen LogP contribution < -0.4 is 16.0 Å². The average molecular weight is 420 g/mol. The monoisotopic (exact) mass is 419 g/mol. The van der Waals surface area contributed by atoms with E-state index in [-0.39, 0.29) is 11.3 Å². The van der Waals surface area contributed by atoms with Crippen molar-refractivity contribution in [1.29, 1.82) is 0 Å². The Balaban J connectivity index is 1.76. The van der Waals surface area contributed by atoms with Gasteiger partial charge in [-0.2, -0.15) is 0 Å². The lowest BCUT2D eigenvalue weighted by Crippen LogP contribution is -2.38. The molecule has 0 fully saturated rings. The lowest BCUT2D eigenvalue weighted by atomic mass is 9.94. The molecule has 0 saturated carbocycles. The van der Waals surface area contributed by atoms with Gasteiger partial charge in [0.1, 0.15) is 12.3 Å². The molecule has 2 rings (SSSR count). The SMILES string of the molecule is CCNC(=NCc1ncc(C(C)(C)C)o1)NCCCC(=O)Nc1ccc(Cl)cc1. The number of rotatable bonds is 8. The lowest BCUT2D eigenvalue weighted by Gasteiger charge is -2.13. The normalized spacial score (nSPS) is 12.0. The Morgan fingerprint density at radius 2 is 1.93 bits per heavy atom. The summed E-state index contributed by atoms with van der Waals surface area (Å²) < 4.78 is 5.76. The van der Waals surface area contributed by atoms with E-state index in [2.05, 4.69) is 46.7 Å². The number of halogens is 1. The van der Waals surface area contributed by atoms with Crippen molar-refractivity contribution < 1.29 is 9.21 Å². The van der Waals surface area contributed by atoms with E-state index in [1.807, 2.05) is 6.92 Å². The summed E-state index contributed by atoms with van der Waals surface area (Å²) in [5, 5.41) is 9.90. The number of amides is 1. The van der Waals surface area contributed by atoms with E-state index < -0.39 is 0 Å². The van der Waals surface area contributed by atoms with E-state index in [1.165, 1.54) is 0 Å². The second kappa shape index (κ2) is 10.9. The van der Waals surface area contributed by atoms with Crippen LogP contribution in [0.4, 0.5) is 5.69 Å². The standard InChI is InChI=1S/C21H30ClN5O2/c1-5-23-20(26-14-19-25-13-17(29-19)21(2,3)4)24-12-6-7-18(28)27-16-10-8-15(22)9-11-16/h8-11,13H,5-7,12,14H2,1-4H3,(H,27,28)(H2,23,24,26). The number of benzene rings is 1. The second-order valence-electron chi connectivity index (χ2n) is 7.65. The third-order valence-corrected chi connectivity index (χ3v) is 4.26. The summed E-state index contributed by atoms with van der Waals surface area (Å²) in [6, 6.07) is 7.05. The molecule has 7 nitrogen and oxygen atoms in total. The fourth-order valence-electron chi connectivity index (χ4n) is 2.43. The molecule has 2 aromatic rings. The summed E-state index contributed by atoms with van der Waals surface area (Å²) in [5.74, 6) is 2.05. The van der Waals surface area contributed by atoms with Crippen molar-refractivity contribution in [1.82, 2.24) is 15.6 Å². The highest BCUT2D eigenvalue weighted by molar-refractivity contribution is 6.30. The van der Waals surface area contributed by atoms with Crippen LogP contribution in [-0.4, -0.2) is 29.9 Å². The molecule has 29 heavy (non-hydrogen) atoms. The number of anilines is 1. The molecule has 0 saturated heterocycles. The number of carbonyl (C=O) groups is 1. The van der Waals surface area contributed by atoms with Crippen LogP contribution in [0, 0.1) is 0 Å². The van der Waals surface area contributed by atoms with Crippen LogP contribution in [0.2, 0.25) is 5.02 Å². The third-order valence-electron chi connectivity index (χ3n) is 4.01. The van der Waals surface area contributed by atoms with Crippen LogP contribution in [0.3, 0.4) is 0 Å². The van der Waals surface area contributed by atoms with Crippen molar-refractivity contribution in [2.24, 2.45) is 4.99 Å².